The molecule has 108 valence electrons. The van der Waals surface area contributed by atoms with Crippen molar-refractivity contribution in [3.63, 3.8) is 0 Å². The van der Waals surface area contributed by atoms with Crippen LogP contribution in [0.5, 0.6) is 0 Å². The van der Waals surface area contributed by atoms with Crippen molar-refractivity contribution >= 4 is 29.1 Å². The largest absolute Gasteiger partial charge is 0.476 e. The van der Waals surface area contributed by atoms with Crippen molar-refractivity contribution in [1.29, 1.82) is 0 Å². The summed E-state index contributed by atoms with van der Waals surface area (Å²) >= 11 is 0.892. The zero-order valence-corrected chi connectivity index (χ0v) is 11.2. The molecule has 2 N–H and O–H groups in total. The molecule has 0 saturated heterocycles. The Morgan fingerprint density at radius 3 is 2.86 bits per heavy atom. The number of carboxylic acids is 1. The van der Waals surface area contributed by atoms with E-state index in [1.807, 2.05) is 0 Å². The van der Waals surface area contributed by atoms with Crippen molar-refractivity contribution in [3.8, 4) is 0 Å². The second-order valence-electron chi connectivity index (χ2n) is 4.55. The minimum atomic E-state index is -1.27. The molecule has 3 rings (SSSR count). The third-order valence-corrected chi connectivity index (χ3v) is 4.19. The fraction of sp³-hybridized carbons (Fsp3) is 0.154. The lowest BCUT2D eigenvalue weighted by Gasteiger charge is -2.22. The lowest BCUT2D eigenvalue weighted by atomic mass is 9.90. The normalized spacial score (nSPS) is 17.2. The van der Waals surface area contributed by atoms with Crippen LogP contribution in [0.15, 0.2) is 18.2 Å². The van der Waals surface area contributed by atoms with Crippen LogP contribution < -0.4 is 5.32 Å². The molecule has 1 aromatic carbocycles. The van der Waals surface area contributed by atoms with Gasteiger partial charge in [-0.1, -0.05) is 6.07 Å². The minimum Gasteiger partial charge on any atom is -0.476 e. The molecule has 0 radical (unpaired) electrons. The number of fused-ring (bicyclic) bond motifs is 1. The van der Waals surface area contributed by atoms with Gasteiger partial charge < -0.3 is 10.4 Å². The molecule has 0 aliphatic carbocycles. The number of nitrogens with one attached hydrogen (secondary N) is 1. The molecule has 1 atom stereocenters. The summed E-state index contributed by atoms with van der Waals surface area (Å²) in [5, 5.41) is 11.5. The maximum Gasteiger partial charge on any atom is 0.357 e. The van der Waals surface area contributed by atoms with Gasteiger partial charge in [-0.2, -0.15) is 4.37 Å². The summed E-state index contributed by atoms with van der Waals surface area (Å²) < 4.78 is 30.7. The first-order valence-corrected chi connectivity index (χ1v) is 6.72. The Morgan fingerprint density at radius 1 is 1.43 bits per heavy atom. The summed E-state index contributed by atoms with van der Waals surface area (Å²) in [6.45, 7) is 0. The third kappa shape index (κ3) is 2.27. The van der Waals surface area contributed by atoms with E-state index in [-0.39, 0.29) is 23.4 Å². The van der Waals surface area contributed by atoms with Gasteiger partial charge in [-0.15, -0.1) is 0 Å². The molecule has 0 fully saturated rings. The molecule has 0 saturated carbocycles. The van der Waals surface area contributed by atoms with E-state index in [4.69, 9.17) is 5.11 Å². The van der Waals surface area contributed by atoms with Gasteiger partial charge >= 0.3 is 5.97 Å². The molecule has 1 aliphatic heterocycles. The Balaban J connectivity index is 2.13. The zero-order chi connectivity index (χ0) is 15.1. The number of aromatic carboxylic acids is 1. The van der Waals surface area contributed by atoms with Crippen LogP contribution in [0.4, 0.5) is 14.5 Å². The second-order valence-corrected chi connectivity index (χ2v) is 5.35. The lowest BCUT2D eigenvalue weighted by molar-refractivity contribution is -0.116. The number of aromatic nitrogens is 1. The molecule has 1 amide bonds. The van der Waals surface area contributed by atoms with Gasteiger partial charge in [0.25, 0.3) is 0 Å². The molecule has 0 spiro atoms. The number of carbonyl (C=O) groups is 2. The predicted molar refractivity (Wildman–Crippen MR) is 70.5 cm³/mol. The van der Waals surface area contributed by atoms with Gasteiger partial charge in [0, 0.05) is 18.4 Å². The molecular weight excluding hydrogens is 302 g/mol. The number of hydrogen-bond donors (Lipinski definition) is 2. The quantitative estimate of drug-likeness (QED) is 0.893. The van der Waals surface area contributed by atoms with Crippen molar-refractivity contribution in [1.82, 2.24) is 4.37 Å². The van der Waals surface area contributed by atoms with Crippen molar-refractivity contribution in [2.45, 2.75) is 12.3 Å². The number of carbonyl (C=O) groups excluding carboxylic acids is 1. The van der Waals surface area contributed by atoms with Crippen LogP contribution in [0, 0.1) is 11.6 Å². The number of anilines is 1. The van der Waals surface area contributed by atoms with E-state index in [1.54, 1.807) is 0 Å². The van der Waals surface area contributed by atoms with Crippen LogP contribution in [0.1, 0.15) is 33.3 Å². The molecule has 1 unspecified atom stereocenters. The zero-order valence-electron chi connectivity index (χ0n) is 10.4. The van der Waals surface area contributed by atoms with E-state index in [2.05, 4.69) is 9.69 Å². The molecule has 2 aromatic rings. The SMILES string of the molecule is O=C1CC(c2ccc(F)cc2F)c2snc(C(=O)O)c2N1. The van der Waals surface area contributed by atoms with Gasteiger partial charge in [-0.05, 0) is 23.2 Å². The standard InChI is InChI=1S/C13H8F2N2O3S/c14-5-1-2-6(8(15)3-5)7-4-9(18)16-10-11(13(19)20)17-21-12(7)10/h1-3,7H,4H2,(H,16,18)(H,19,20). The Hall–Kier alpha value is -2.35. The number of amides is 1. The summed E-state index contributed by atoms with van der Waals surface area (Å²) in [5.41, 5.74) is -0.0267. The summed E-state index contributed by atoms with van der Waals surface area (Å²) in [4.78, 5) is 23.3. The minimum absolute atomic E-state index is 0.0448. The number of benzene rings is 1. The summed E-state index contributed by atoms with van der Waals surface area (Å²) in [5.74, 6) is -3.86. The molecule has 1 aromatic heterocycles. The summed E-state index contributed by atoms with van der Waals surface area (Å²) in [6.07, 6.45) is -0.0448. The van der Waals surface area contributed by atoms with Gasteiger partial charge in [-0.25, -0.2) is 13.6 Å². The van der Waals surface area contributed by atoms with Crippen LogP contribution in [-0.2, 0) is 4.79 Å². The fourth-order valence-corrected chi connectivity index (χ4v) is 3.25. The highest BCUT2D eigenvalue weighted by atomic mass is 32.1. The van der Waals surface area contributed by atoms with E-state index in [0.717, 1.165) is 23.7 Å². The van der Waals surface area contributed by atoms with E-state index >= 15 is 0 Å². The maximum atomic E-state index is 13.9. The Morgan fingerprint density at radius 2 is 2.19 bits per heavy atom. The van der Waals surface area contributed by atoms with Crippen LogP contribution in [0.25, 0.3) is 0 Å². The maximum absolute atomic E-state index is 13.9. The van der Waals surface area contributed by atoms with Gasteiger partial charge in [-0.3, -0.25) is 4.79 Å². The number of rotatable bonds is 2. The smallest absolute Gasteiger partial charge is 0.357 e. The molecule has 0 bridgehead atoms. The second kappa shape index (κ2) is 4.88. The Kier molecular flexibility index (Phi) is 3.17. The number of halogens is 2. The first-order chi connectivity index (χ1) is 9.97. The predicted octanol–water partition coefficient (Wildman–Crippen LogP) is 2.59. The highest BCUT2D eigenvalue weighted by molar-refractivity contribution is 7.06. The highest BCUT2D eigenvalue weighted by Gasteiger charge is 2.34. The van der Waals surface area contributed by atoms with E-state index in [9.17, 15) is 18.4 Å². The van der Waals surface area contributed by atoms with Crippen molar-refractivity contribution in [2.24, 2.45) is 0 Å². The molecule has 1 aliphatic rings. The van der Waals surface area contributed by atoms with E-state index in [0.29, 0.717) is 4.88 Å². The molecule has 5 nitrogen and oxygen atoms in total. The van der Waals surface area contributed by atoms with Crippen LogP contribution >= 0.6 is 11.5 Å². The van der Waals surface area contributed by atoms with E-state index in [1.165, 1.54) is 6.07 Å². The molecule has 8 heteroatoms. The number of carboxylic acid groups (broad SMARTS) is 1. The molecular formula is C13H8F2N2O3S. The average molecular weight is 310 g/mol. The topological polar surface area (TPSA) is 79.3 Å². The summed E-state index contributed by atoms with van der Waals surface area (Å²) in [6, 6.07) is 3.10. The molecule has 21 heavy (non-hydrogen) atoms. The van der Waals surface area contributed by atoms with Crippen molar-refractivity contribution in [2.75, 3.05) is 5.32 Å². The molecule has 2 heterocycles. The third-order valence-electron chi connectivity index (χ3n) is 3.23. The van der Waals surface area contributed by atoms with Crippen LogP contribution in [0.3, 0.4) is 0 Å². The van der Waals surface area contributed by atoms with Crippen LogP contribution in [0.2, 0.25) is 0 Å². The fourth-order valence-electron chi connectivity index (χ4n) is 2.31. The monoisotopic (exact) mass is 310 g/mol. The van der Waals surface area contributed by atoms with Gasteiger partial charge in [0.1, 0.15) is 11.6 Å². The van der Waals surface area contributed by atoms with Gasteiger partial charge in [0.15, 0.2) is 5.69 Å². The van der Waals surface area contributed by atoms with E-state index < -0.39 is 29.4 Å². The first kappa shape index (κ1) is 13.6. The Labute approximate surface area is 121 Å². The van der Waals surface area contributed by atoms with Gasteiger partial charge in [0.2, 0.25) is 5.91 Å². The highest BCUT2D eigenvalue weighted by Crippen LogP contribution is 2.42. The lowest BCUT2D eigenvalue weighted by Crippen LogP contribution is -2.24. The number of nitrogens with zero attached hydrogens (tertiary/aromatic N) is 1. The number of hydrogen-bond acceptors (Lipinski definition) is 4. The Bertz CT molecular complexity index is 760. The first-order valence-electron chi connectivity index (χ1n) is 5.95. The van der Waals surface area contributed by atoms with Crippen LogP contribution in [-0.4, -0.2) is 21.4 Å². The summed E-state index contributed by atoms with van der Waals surface area (Å²) in [7, 11) is 0. The van der Waals surface area contributed by atoms with Crippen molar-refractivity contribution < 1.29 is 23.5 Å². The average Bonchev–Trinajstić information content (AvgIpc) is 2.81. The van der Waals surface area contributed by atoms with Crippen molar-refractivity contribution in [3.05, 3.63) is 46.0 Å². The van der Waals surface area contributed by atoms with Gasteiger partial charge in [0.05, 0.1) is 10.6 Å².